The van der Waals surface area contributed by atoms with E-state index in [1.165, 1.54) is 12.8 Å². The Morgan fingerprint density at radius 2 is 2.44 bits per heavy atom. The molecule has 0 aromatic carbocycles. The predicted octanol–water partition coefficient (Wildman–Crippen LogP) is 1.39. The minimum atomic E-state index is 0.388. The first kappa shape index (κ1) is 13.5. The van der Waals surface area contributed by atoms with Crippen LogP contribution in [0.2, 0.25) is 0 Å². The Kier molecular flexibility index (Phi) is 5.16. The smallest absolute Gasteiger partial charge is 0.151 e. The highest BCUT2D eigenvalue weighted by atomic mass is 16.5. The Bertz CT molecular complexity index is 348. The molecule has 5 heteroatoms. The molecule has 1 atom stereocenters. The van der Waals surface area contributed by atoms with Gasteiger partial charge in [0.1, 0.15) is 0 Å². The average molecular weight is 253 g/mol. The van der Waals surface area contributed by atoms with Crippen LogP contribution in [0.25, 0.3) is 0 Å². The Morgan fingerprint density at radius 1 is 1.56 bits per heavy atom. The molecule has 1 aromatic heterocycles. The van der Waals surface area contributed by atoms with Crippen molar-refractivity contribution in [2.75, 3.05) is 26.7 Å². The number of likely N-dealkylation sites (N-methyl/N-ethyl adjacent to an activating group) is 1. The molecule has 1 aromatic rings. The van der Waals surface area contributed by atoms with Gasteiger partial charge in [-0.2, -0.15) is 0 Å². The lowest BCUT2D eigenvalue weighted by Crippen LogP contribution is -2.28. The summed E-state index contributed by atoms with van der Waals surface area (Å²) in [6.45, 7) is 6.46. The molecule has 2 heterocycles. The molecule has 0 amide bonds. The number of hydrogen-bond acceptors (Lipinski definition) is 5. The standard InChI is InChI=1S/C13H23N3O2/c1-3-14-8-11-7-13(18-15-11)10-16(2)9-12-5-4-6-17-12/h7,12,14H,3-6,8-10H2,1-2H3. The van der Waals surface area contributed by atoms with Crippen molar-refractivity contribution in [1.82, 2.24) is 15.4 Å². The zero-order chi connectivity index (χ0) is 12.8. The summed E-state index contributed by atoms with van der Waals surface area (Å²) in [7, 11) is 2.09. The Hall–Kier alpha value is -0.910. The van der Waals surface area contributed by atoms with Crippen molar-refractivity contribution < 1.29 is 9.26 Å². The second-order valence-electron chi connectivity index (χ2n) is 4.90. The molecule has 1 saturated heterocycles. The van der Waals surface area contributed by atoms with E-state index < -0.39 is 0 Å². The largest absolute Gasteiger partial charge is 0.377 e. The third-order valence-corrected chi connectivity index (χ3v) is 3.13. The molecule has 0 aliphatic carbocycles. The Balaban J connectivity index is 1.75. The molecule has 102 valence electrons. The van der Waals surface area contributed by atoms with Gasteiger partial charge in [0.25, 0.3) is 0 Å². The second kappa shape index (κ2) is 6.87. The molecule has 0 radical (unpaired) electrons. The highest BCUT2D eigenvalue weighted by molar-refractivity contribution is 5.05. The van der Waals surface area contributed by atoms with Crippen LogP contribution in [0.15, 0.2) is 10.6 Å². The molecule has 0 spiro atoms. The molecule has 1 fully saturated rings. The molecule has 0 bridgehead atoms. The van der Waals surface area contributed by atoms with Crippen LogP contribution in [0.5, 0.6) is 0 Å². The molecule has 18 heavy (non-hydrogen) atoms. The fourth-order valence-electron chi connectivity index (χ4n) is 2.23. The zero-order valence-electron chi connectivity index (χ0n) is 11.3. The SMILES string of the molecule is CCNCc1cc(CN(C)CC2CCCO2)on1. The summed E-state index contributed by atoms with van der Waals surface area (Å²) in [5.74, 6) is 0.920. The van der Waals surface area contributed by atoms with Crippen LogP contribution in [-0.4, -0.2) is 42.9 Å². The average Bonchev–Trinajstić information content (AvgIpc) is 2.98. The third-order valence-electron chi connectivity index (χ3n) is 3.13. The third kappa shape index (κ3) is 4.08. The molecular weight excluding hydrogens is 230 g/mol. The molecular formula is C13H23N3O2. The number of nitrogens with one attached hydrogen (secondary N) is 1. The van der Waals surface area contributed by atoms with Gasteiger partial charge in [-0.05, 0) is 26.4 Å². The summed E-state index contributed by atoms with van der Waals surface area (Å²) < 4.78 is 10.9. The van der Waals surface area contributed by atoms with Crippen molar-refractivity contribution in [3.05, 3.63) is 17.5 Å². The fourth-order valence-corrected chi connectivity index (χ4v) is 2.23. The van der Waals surface area contributed by atoms with Gasteiger partial charge in [-0.3, -0.25) is 4.90 Å². The van der Waals surface area contributed by atoms with Crippen molar-refractivity contribution >= 4 is 0 Å². The maximum Gasteiger partial charge on any atom is 0.151 e. The van der Waals surface area contributed by atoms with E-state index in [0.29, 0.717) is 6.10 Å². The minimum Gasteiger partial charge on any atom is -0.377 e. The summed E-state index contributed by atoms with van der Waals surface area (Å²) in [5.41, 5.74) is 0.970. The monoisotopic (exact) mass is 253 g/mol. The van der Waals surface area contributed by atoms with Gasteiger partial charge in [0.15, 0.2) is 5.76 Å². The van der Waals surface area contributed by atoms with Gasteiger partial charge in [-0.15, -0.1) is 0 Å². The van der Waals surface area contributed by atoms with Crippen molar-refractivity contribution in [2.24, 2.45) is 0 Å². The van der Waals surface area contributed by atoms with Crippen molar-refractivity contribution in [3.8, 4) is 0 Å². The van der Waals surface area contributed by atoms with Crippen LogP contribution in [-0.2, 0) is 17.8 Å². The number of ether oxygens (including phenoxy) is 1. The first-order valence-corrected chi connectivity index (χ1v) is 6.73. The highest BCUT2D eigenvalue weighted by Crippen LogP contribution is 2.14. The van der Waals surface area contributed by atoms with Crippen molar-refractivity contribution in [2.45, 2.75) is 39.0 Å². The van der Waals surface area contributed by atoms with E-state index in [2.05, 4.69) is 29.3 Å². The topological polar surface area (TPSA) is 50.5 Å². The molecule has 1 unspecified atom stereocenters. The summed E-state index contributed by atoms with van der Waals surface area (Å²) in [4.78, 5) is 2.23. The Labute approximate surface area is 108 Å². The Morgan fingerprint density at radius 3 is 3.17 bits per heavy atom. The van der Waals surface area contributed by atoms with Crippen LogP contribution in [0.1, 0.15) is 31.2 Å². The number of hydrogen-bond donors (Lipinski definition) is 1. The van der Waals surface area contributed by atoms with E-state index in [4.69, 9.17) is 9.26 Å². The lowest BCUT2D eigenvalue weighted by molar-refractivity contribution is 0.0768. The van der Waals surface area contributed by atoms with Gasteiger partial charge in [0.2, 0.25) is 0 Å². The molecule has 2 rings (SSSR count). The minimum absolute atomic E-state index is 0.388. The molecule has 1 N–H and O–H groups in total. The quantitative estimate of drug-likeness (QED) is 0.796. The predicted molar refractivity (Wildman–Crippen MR) is 69.2 cm³/mol. The van der Waals surface area contributed by atoms with E-state index in [0.717, 1.165) is 44.2 Å². The summed E-state index contributed by atoms with van der Waals surface area (Å²) in [6, 6.07) is 2.02. The van der Waals surface area contributed by atoms with Crippen molar-refractivity contribution in [3.63, 3.8) is 0 Å². The molecule has 5 nitrogen and oxygen atoms in total. The zero-order valence-corrected chi connectivity index (χ0v) is 11.3. The van der Waals surface area contributed by atoms with Gasteiger partial charge < -0.3 is 14.6 Å². The number of rotatable bonds is 7. The molecule has 1 aliphatic rings. The first-order valence-electron chi connectivity index (χ1n) is 6.73. The first-order chi connectivity index (χ1) is 8.78. The van der Waals surface area contributed by atoms with E-state index in [-0.39, 0.29) is 0 Å². The lowest BCUT2D eigenvalue weighted by Gasteiger charge is -2.18. The summed E-state index contributed by atoms with van der Waals surface area (Å²) >= 11 is 0. The van der Waals surface area contributed by atoms with E-state index in [1.807, 2.05) is 6.07 Å². The van der Waals surface area contributed by atoms with Gasteiger partial charge >= 0.3 is 0 Å². The van der Waals surface area contributed by atoms with Crippen LogP contribution in [0.3, 0.4) is 0 Å². The van der Waals surface area contributed by atoms with Gasteiger partial charge in [-0.1, -0.05) is 12.1 Å². The summed E-state index contributed by atoms with van der Waals surface area (Å²) in [6.07, 6.45) is 2.75. The van der Waals surface area contributed by atoms with E-state index in [1.54, 1.807) is 0 Å². The number of aromatic nitrogens is 1. The maximum atomic E-state index is 5.62. The van der Waals surface area contributed by atoms with Gasteiger partial charge in [0.05, 0.1) is 18.3 Å². The lowest BCUT2D eigenvalue weighted by atomic mass is 10.2. The van der Waals surface area contributed by atoms with Crippen LogP contribution < -0.4 is 5.32 Å². The van der Waals surface area contributed by atoms with E-state index in [9.17, 15) is 0 Å². The molecule has 1 aliphatic heterocycles. The maximum absolute atomic E-state index is 5.62. The van der Waals surface area contributed by atoms with Gasteiger partial charge in [0, 0.05) is 25.8 Å². The van der Waals surface area contributed by atoms with Crippen molar-refractivity contribution in [1.29, 1.82) is 0 Å². The van der Waals surface area contributed by atoms with E-state index >= 15 is 0 Å². The van der Waals surface area contributed by atoms with Crippen LogP contribution in [0, 0.1) is 0 Å². The fraction of sp³-hybridized carbons (Fsp3) is 0.769. The summed E-state index contributed by atoms with van der Waals surface area (Å²) in [5, 5.41) is 7.28. The van der Waals surface area contributed by atoms with Crippen LogP contribution >= 0.6 is 0 Å². The number of nitrogens with zero attached hydrogens (tertiary/aromatic N) is 2. The van der Waals surface area contributed by atoms with Crippen LogP contribution in [0.4, 0.5) is 0 Å². The molecule has 0 saturated carbocycles. The second-order valence-corrected chi connectivity index (χ2v) is 4.90. The van der Waals surface area contributed by atoms with Gasteiger partial charge in [-0.25, -0.2) is 0 Å². The highest BCUT2D eigenvalue weighted by Gasteiger charge is 2.18. The normalized spacial score (nSPS) is 19.8.